The Labute approximate surface area is 106 Å². The first kappa shape index (κ1) is 12.6. The van der Waals surface area contributed by atoms with Gasteiger partial charge in [0, 0.05) is 0 Å². The first-order valence-electron chi connectivity index (χ1n) is 6.48. The van der Waals surface area contributed by atoms with Crippen molar-refractivity contribution in [1.82, 2.24) is 0 Å². The van der Waals surface area contributed by atoms with E-state index in [-0.39, 0.29) is 7.92 Å². The zero-order valence-electron chi connectivity index (χ0n) is 11.0. The van der Waals surface area contributed by atoms with Crippen LogP contribution in [0.3, 0.4) is 0 Å². The van der Waals surface area contributed by atoms with Crippen LogP contribution in [-0.4, -0.2) is 12.3 Å². The normalized spacial score (nSPS) is 15.1. The quantitative estimate of drug-likeness (QED) is 0.681. The van der Waals surface area contributed by atoms with E-state index in [0.717, 1.165) is 6.42 Å². The molecule has 0 radical (unpaired) electrons. The van der Waals surface area contributed by atoms with Gasteiger partial charge in [-0.1, -0.05) is 63.8 Å². The molecule has 0 unspecified atom stereocenters. The Kier molecular flexibility index (Phi) is 4.18. The smallest absolute Gasteiger partial charge is 0.00855 e. The molecule has 0 N–H and O–H groups in total. The van der Waals surface area contributed by atoms with E-state index in [1.807, 2.05) is 0 Å². The maximum absolute atomic E-state index is 2.34. The first-order chi connectivity index (χ1) is 8.26. The van der Waals surface area contributed by atoms with Crippen molar-refractivity contribution in [3.8, 4) is 0 Å². The molecule has 0 nitrogen and oxygen atoms in total. The fourth-order valence-electron chi connectivity index (χ4n) is 2.44. The lowest BCUT2D eigenvalue weighted by Crippen LogP contribution is -2.09. The van der Waals surface area contributed by atoms with Gasteiger partial charge in [0.2, 0.25) is 0 Å². The molecule has 1 aromatic rings. The van der Waals surface area contributed by atoms with E-state index in [9.17, 15) is 0 Å². The molecule has 0 amide bonds. The Morgan fingerprint density at radius 2 is 1.82 bits per heavy atom. The minimum Gasteiger partial charge on any atom is -0.0772 e. The number of benzene rings is 1. The van der Waals surface area contributed by atoms with Gasteiger partial charge < -0.3 is 0 Å². The van der Waals surface area contributed by atoms with Crippen LogP contribution in [0.5, 0.6) is 0 Å². The Hall–Kier alpha value is -0.870. The molecule has 0 saturated heterocycles. The average Bonchev–Trinajstić information content (AvgIpc) is 2.78. The molecule has 0 saturated carbocycles. The summed E-state index contributed by atoms with van der Waals surface area (Å²) in [4.78, 5) is 0. The summed E-state index contributed by atoms with van der Waals surface area (Å²) in [6.07, 6.45) is 8.37. The molecule has 2 rings (SSSR count). The van der Waals surface area contributed by atoms with Crippen molar-refractivity contribution in [2.24, 2.45) is 0 Å². The molecule has 1 heteroatoms. The summed E-state index contributed by atoms with van der Waals surface area (Å²) in [7, 11) is 0.0335. The lowest BCUT2D eigenvalue weighted by molar-refractivity contribution is 1.40. The molecule has 17 heavy (non-hydrogen) atoms. The van der Waals surface area contributed by atoms with Crippen LogP contribution in [-0.2, 0) is 0 Å². The van der Waals surface area contributed by atoms with Crippen LogP contribution in [0.4, 0.5) is 0 Å². The highest BCUT2D eigenvalue weighted by Crippen LogP contribution is 2.37. The van der Waals surface area contributed by atoms with Crippen LogP contribution in [0.25, 0.3) is 5.57 Å². The van der Waals surface area contributed by atoms with Crippen LogP contribution >= 0.6 is 7.92 Å². The van der Waals surface area contributed by atoms with Crippen LogP contribution in [0.2, 0.25) is 0 Å². The van der Waals surface area contributed by atoms with Crippen LogP contribution in [0, 0.1) is 0 Å². The Morgan fingerprint density at radius 1 is 1.12 bits per heavy atom. The van der Waals surface area contributed by atoms with Crippen molar-refractivity contribution in [1.29, 1.82) is 0 Å². The zero-order valence-corrected chi connectivity index (χ0v) is 11.9. The Morgan fingerprint density at radius 3 is 2.41 bits per heavy atom. The topological polar surface area (TPSA) is 0 Å². The zero-order chi connectivity index (χ0) is 12.3. The standard InChI is InChI=1S/C16H21P/c1-4-17(5-2)16-9-7-6-8-15(16)14-11-10-13(3)12-14/h6-10,12H,4-5,11H2,1-3H3. The Balaban J connectivity index is 2.38. The highest BCUT2D eigenvalue weighted by Gasteiger charge is 2.14. The monoisotopic (exact) mass is 244 g/mol. The van der Waals surface area contributed by atoms with Gasteiger partial charge in [0.25, 0.3) is 0 Å². The van der Waals surface area contributed by atoms with Crippen molar-refractivity contribution < 1.29 is 0 Å². The van der Waals surface area contributed by atoms with Crippen molar-refractivity contribution in [2.45, 2.75) is 27.2 Å². The van der Waals surface area contributed by atoms with E-state index >= 15 is 0 Å². The third kappa shape index (κ3) is 2.69. The third-order valence-electron chi connectivity index (χ3n) is 3.40. The second-order valence-corrected chi connectivity index (χ2v) is 7.34. The molecule has 0 atom stereocenters. The number of hydrogen-bond acceptors (Lipinski definition) is 0. The van der Waals surface area contributed by atoms with Gasteiger partial charge in [-0.25, -0.2) is 0 Å². The van der Waals surface area contributed by atoms with Crippen LogP contribution < -0.4 is 5.30 Å². The van der Waals surface area contributed by atoms with E-state index in [1.165, 1.54) is 29.0 Å². The summed E-state index contributed by atoms with van der Waals surface area (Å²) >= 11 is 0. The molecule has 90 valence electrons. The molecule has 0 heterocycles. The van der Waals surface area contributed by atoms with E-state index < -0.39 is 0 Å². The molecule has 1 aliphatic rings. The fourth-order valence-corrected chi connectivity index (χ4v) is 4.42. The van der Waals surface area contributed by atoms with Gasteiger partial charge in [-0.05, 0) is 42.1 Å². The summed E-state index contributed by atoms with van der Waals surface area (Å²) in [5.74, 6) is 0. The van der Waals surface area contributed by atoms with Gasteiger partial charge in [0.1, 0.15) is 0 Å². The molecule has 1 aromatic carbocycles. The first-order valence-corrected chi connectivity index (χ1v) is 8.19. The lowest BCUT2D eigenvalue weighted by atomic mass is 10.1. The minimum absolute atomic E-state index is 0.0335. The Bertz CT molecular complexity index is 450. The summed E-state index contributed by atoms with van der Waals surface area (Å²) in [6, 6.07) is 9.00. The van der Waals surface area contributed by atoms with Crippen LogP contribution in [0.1, 0.15) is 32.8 Å². The maximum Gasteiger partial charge on any atom is -0.00855 e. The number of allylic oxidation sites excluding steroid dienone is 4. The van der Waals surface area contributed by atoms with E-state index in [1.54, 1.807) is 5.30 Å². The minimum atomic E-state index is 0.0335. The second kappa shape index (κ2) is 5.65. The van der Waals surface area contributed by atoms with Gasteiger partial charge in [0.05, 0.1) is 0 Å². The summed E-state index contributed by atoms with van der Waals surface area (Å²) in [6.45, 7) is 6.83. The van der Waals surface area contributed by atoms with E-state index in [0.29, 0.717) is 0 Å². The van der Waals surface area contributed by atoms with Gasteiger partial charge in [-0.2, -0.15) is 0 Å². The summed E-state index contributed by atoms with van der Waals surface area (Å²) in [5, 5.41) is 1.60. The SMILES string of the molecule is CCP(CC)c1ccccc1C1=CC(C)=CC1. The lowest BCUT2D eigenvalue weighted by Gasteiger charge is -2.18. The predicted molar refractivity (Wildman–Crippen MR) is 80.4 cm³/mol. The van der Waals surface area contributed by atoms with Gasteiger partial charge in [-0.15, -0.1) is 0 Å². The summed E-state index contributed by atoms with van der Waals surface area (Å²) < 4.78 is 0. The predicted octanol–water partition coefficient (Wildman–Crippen LogP) is 4.57. The van der Waals surface area contributed by atoms with Crippen molar-refractivity contribution in [3.05, 3.63) is 47.6 Å². The van der Waals surface area contributed by atoms with E-state index in [4.69, 9.17) is 0 Å². The molecular formula is C16H21P. The highest BCUT2D eigenvalue weighted by molar-refractivity contribution is 7.65. The van der Waals surface area contributed by atoms with E-state index in [2.05, 4.69) is 57.2 Å². The van der Waals surface area contributed by atoms with Crippen LogP contribution in [0.15, 0.2) is 42.0 Å². The van der Waals surface area contributed by atoms with Gasteiger partial charge in [-0.3, -0.25) is 0 Å². The third-order valence-corrected chi connectivity index (χ3v) is 6.00. The maximum atomic E-state index is 2.34. The average molecular weight is 244 g/mol. The van der Waals surface area contributed by atoms with Crippen molar-refractivity contribution in [3.63, 3.8) is 0 Å². The molecule has 0 fully saturated rings. The van der Waals surface area contributed by atoms with Crippen molar-refractivity contribution >= 4 is 18.8 Å². The molecule has 0 aromatic heterocycles. The summed E-state index contributed by atoms with van der Waals surface area (Å²) in [5.41, 5.74) is 4.41. The number of rotatable bonds is 4. The molecule has 0 bridgehead atoms. The largest absolute Gasteiger partial charge is 0.0772 e. The molecule has 0 spiro atoms. The van der Waals surface area contributed by atoms with Gasteiger partial charge >= 0.3 is 0 Å². The highest BCUT2D eigenvalue weighted by atomic mass is 31.1. The molecule has 1 aliphatic carbocycles. The number of hydrogen-bond donors (Lipinski definition) is 0. The molecular weight excluding hydrogens is 223 g/mol. The second-order valence-electron chi connectivity index (χ2n) is 4.51. The van der Waals surface area contributed by atoms with Crippen molar-refractivity contribution in [2.75, 3.05) is 12.3 Å². The fraction of sp³-hybridized carbons (Fsp3) is 0.375. The van der Waals surface area contributed by atoms with Gasteiger partial charge in [0.15, 0.2) is 0 Å². The molecule has 0 aliphatic heterocycles.